The van der Waals surface area contributed by atoms with E-state index in [1.165, 1.54) is 0 Å². The Morgan fingerprint density at radius 2 is 1.91 bits per heavy atom. The van der Waals surface area contributed by atoms with Crippen LogP contribution in [0.3, 0.4) is 0 Å². The van der Waals surface area contributed by atoms with Crippen molar-refractivity contribution in [2.45, 2.75) is 18.9 Å². The van der Waals surface area contributed by atoms with Gasteiger partial charge in [0, 0.05) is 13.3 Å². The molecule has 1 fully saturated rings. The number of hydrogen-bond acceptors (Lipinski definition) is 9. The molecule has 0 bridgehead atoms. The zero-order valence-corrected chi connectivity index (χ0v) is 18.8. The maximum atomic E-state index is 5.63. The van der Waals surface area contributed by atoms with E-state index in [9.17, 15) is 0 Å². The lowest BCUT2D eigenvalue weighted by Gasteiger charge is -2.28. The van der Waals surface area contributed by atoms with Gasteiger partial charge in [-0.3, -0.25) is 4.68 Å². The topological polar surface area (TPSA) is 108 Å². The van der Waals surface area contributed by atoms with Crippen LogP contribution in [0.25, 0.3) is 16.9 Å². The van der Waals surface area contributed by atoms with Gasteiger partial charge >= 0.3 is 0 Å². The second kappa shape index (κ2) is 9.51. The number of ether oxygens (including phenoxy) is 2. The summed E-state index contributed by atoms with van der Waals surface area (Å²) in [7, 11) is 3.81. The number of hydrogen-bond donors (Lipinski definition) is 1. The Labute approximate surface area is 191 Å². The van der Waals surface area contributed by atoms with Gasteiger partial charge in [-0.25, -0.2) is 4.98 Å². The van der Waals surface area contributed by atoms with Crippen molar-refractivity contribution < 1.29 is 9.47 Å². The van der Waals surface area contributed by atoms with E-state index in [2.05, 4.69) is 42.6 Å². The summed E-state index contributed by atoms with van der Waals surface area (Å²) in [6.07, 6.45) is 7.69. The van der Waals surface area contributed by atoms with E-state index in [1.54, 1.807) is 18.0 Å². The number of piperidine rings is 1. The van der Waals surface area contributed by atoms with Crippen LogP contribution in [0.2, 0.25) is 0 Å². The predicted octanol–water partition coefficient (Wildman–Crippen LogP) is 2.44. The fraction of sp³-hybridized carbons (Fsp3) is 0.409. The number of nitrogens with one attached hydrogen (secondary N) is 1. The van der Waals surface area contributed by atoms with Crippen LogP contribution >= 0.6 is 0 Å². The van der Waals surface area contributed by atoms with Crippen LogP contribution in [-0.4, -0.2) is 80.1 Å². The van der Waals surface area contributed by atoms with Crippen molar-refractivity contribution in [3.8, 4) is 11.4 Å². The van der Waals surface area contributed by atoms with Crippen molar-refractivity contribution >= 4 is 22.8 Å². The van der Waals surface area contributed by atoms with Crippen molar-refractivity contribution in [3.05, 3.63) is 42.9 Å². The Morgan fingerprint density at radius 1 is 1.09 bits per heavy atom. The molecule has 0 amide bonds. The highest BCUT2D eigenvalue weighted by molar-refractivity contribution is 5.72. The summed E-state index contributed by atoms with van der Waals surface area (Å²) in [5.41, 5.74) is 2.91. The molecule has 4 heterocycles. The Kier molecular flexibility index (Phi) is 6.13. The molecule has 0 aliphatic carbocycles. The minimum atomic E-state index is 0.423. The fourth-order valence-electron chi connectivity index (χ4n) is 3.88. The van der Waals surface area contributed by atoms with Crippen molar-refractivity contribution in [2.24, 2.45) is 0 Å². The molecule has 0 atom stereocenters. The highest BCUT2D eigenvalue weighted by Gasteiger charge is 2.19. The Balaban J connectivity index is 1.31. The van der Waals surface area contributed by atoms with Crippen LogP contribution in [-0.2, 0) is 4.74 Å². The molecule has 1 aliphatic rings. The molecule has 5 rings (SSSR count). The summed E-state index contributed by atoms with van der Waals surface area (Å²) in [6.45, 7) is 3.21. The van der Waals surface area contributed by atoms with Crippen molar-refractivity contribution in [3.63, 3.8) is 0 Å². The summed E-state index contributed by atoms with van der Waals surface area (Å²) in [4.78, 5) is 11.4. The molecule has 0 radical (unpaired) electrons. The van der Waals surface area contributed by atoms with E-state index in [1.807, 2.05) is 41.3 Å². The minimum Gasteiger partial charge on any atom is -0.491 e. The molecule has 172 valence electrons. The molecule has 1 N–H and O–H groups in total. The van der Waals surface area contributed by atoms with Crippen LogP contribution in [0.15, 0.2) is 42.9 Å². The van der Waals surface area contributed by atoms with Gasteiger partial charge in [0.2, 0.25) is 5.95 Å². The van der Waals surface area contributed by atoms with Crippen LogP contribution in [0.4, 0.5) is 11.6 Å². The summed E-state index contributed by atoms with van der Waals surface area (Å²) in [5, 5.41) is 16.2. The number of fused-ring (bicyclic) bond motifs is 1. The second-order valence-corrected chi connectivity index (χ2v) is 8.11. The quantitative estimate of drug-likeness (QED) is 0.406. The maximum absolute atomic E-state index is 5.63. The van der Waals surface area contributed by atoms with Crippen LogP contribution < -0.4 is 10.1 Å². The predicted molar refractivity (Wildman–Crippen MR) is 123 cm³/mol. The molecule has 33 heavy (non-hydrogen) atoms. The number of benzene rings is 1. The SMILES string of the molecule is COCCOc1ccc(-n2nnc3cnc(Nc4cnn(C5CCN(C)CC5)c4)nc32)cc1. The van der Waals surface area contributed by atoms with Gasteiger partial charge in [-0.2, -0.15) is 14.8 Å². The number of rotatable bonds is 8. The summed E-state index contributed by atoms with van der Waals surface area (Å²) >= 11 is 0. The summed E-state index contributed by atoms with van der Waals surface area (Å²) in [5.74, 6) is 1.23. The number of aromatic nitrogens is 7. The van der Waals surface area contributed by atoms with Crippen LogP contribution in [0, 0.1) is 0 Å². The second-order valence-electron chi connectivity index (χ2n) is 8.11. The molecule has 1 saturated heterocycles. The number of anilines is 2. The molecule has 4 aromatic rings. The van der Waals surface area contributed by atoms with E-state index in [0.29, 0.717) is 36.4 Å². The first-order valence-corrected chi connectivity index (χ1v) is 11.0. The van der Waals surface area contributed by atoms with Gasteiger partial charge in [-0.05, 0) is 57.2 Å². The van der Waals surface area contributed by atoms with Crippen LogP contribution in [0.5, 0.6) is 5.75 Å². The lowest BCUT2D eigenvalue weighted by atomic mass is 10.1. The molecular formula is C22H27N9O2. The highest BCUT2D eigenvalue weighted by atomic mass is 16.5. The molecule has 0 unspecified atom stereocenters. The third-order valence-electron chi connectivity index (χ3n) is 5.75. The summed E-state index contributed by atoms with van der Waals surface area (Å²) < 4.78 is 14.4. The van der Waals surface area contributed by atoms with Crippen LogP contribution in [0.1, 0.15) is 18.9 Å². The van der Waals surface area contributed by atoms with E-state index >= 15 is 0 Å². The molecule has 0 saturated carbocycles. The summed E-state index contributed by atoms with van der Waals surface area (Å²) in [6, 6.07) is 8.02. The Bertz CT molecular complexity index is 1200. The number of methoxy groups -OCH3 is 1. The monoisotopic (exact) mass is 449 g/mol. The van der Waals surface area contributed by atoms with Gasteiger partial charge in [0.05, 0.1) is 36.4 Å². The molecule has 11 nitrogen and oxygen atoms in total. The van der Waals surface area contributed by atoms with Crippen molar-refractivity contribution in [1.82, 2.24) is 39.6 Å². The van der Waals surface area contributed by atoms with Gasteiger partial charge < -0.3 is 19.7 Å². The smallest absolute Gasteiger partial charge is 0.229 e. The van der Waals surface area contributed by atoms with E-state index < -0.39 is 0 Å². The first kappa shape index (κ1) is 21.3. The van der Waals surface area contributed by atoms with Gasteiger partial charge in [0.15, 0.2) is 11.2 Å². The fourth-order valence-corrected chi connectivity index (χ4v) is 3.88. The van der Waals surface area contributed by atoms with Crippen molar-refractivity contribution in [1.29, 1.82) is 0 Å². The minimum absolute atomic E-state index is 0.423. The highest BCUT2D eigenvalue weighted by Crippen LogP contribution is 2.24. The molecule has 1 aromatic carbocycles. The van der Waals surface area contributed by atoms with Gasteiger partial charge in [0.1, 0.15) is 12.4 Å². The Morgan fingerprint density at radius 3 is 2.70 bits per heavy atom. The zero-order chi connectivity index (χ0) is 22.6. The third kappa shape index (κ3) is 4.78. The lowest BCUT2D eigenvalue weighted by molar-refractivity contribution is 0.146. The average Bonchev–Trinajstić information content (AvgIpc) is 3.47. The largest absolute Gasteiger partial charge is 0.491 e. The molecule has 11 heteroatoms. The first-order valence-electron chi connectivity index (χ1n) is 11.0. The van der Waals surface area contributed by atoms with Gasteiger partial charge in [-0.15, -0.1) is 5.10 Å². The zero-order valence-electron chi connectivity index (χ0n) is 18.8. The van der Waals surface area contributed by atoms with E-state index in [0.717, 1.165) is 43.1 Å². The normalized spacial score (nSPS) is 15.2. The molecule has 3 aromatic heterocycles. The average molecular weight is 450 g/mol. The maximum Gasteiger partial charge on any atom is 0.229 e. The first-order chi connectivity index (χ1) is 16.2. The molecule has 0 spiro atoms. The number of likely N-dealkylation sites (tertiary alicyclic amines) is 1. The van der Waals surface area contributed by atoms with Gasteiger partial charge in [0.25, 0.3) is 0 Å². The third-order valence-corrected chi connectivity index (χ3v) is 5.75. The van der Waals surface area contributed by atoms with Gasteiger partial charge in [-0.1, -0.05) is 5.21 Å². The number of nitrogens with zero attached hydrogens (tertiary/aromatic N) is 8. The molecule has 1 aliphatic heterocycles. The van der Waals surface area contributed by atoms with E-state index in [-0.39, 0.29) is 0 Å². The standard InChI is InChI=1S/C22H27N9O2/c1-29-9-7-17(8-10-29)30-15-16(13-24-30)25-22-23-14-20-21(26-22)31(28-27-20)18-3-5-19(6-4-18)33-12-11-32-2/h3-6,13-15,17H,7-12H2,1-2H3,(H,23,25,26). The van der Waals surface area contributed by atoms with E-state index in [4.69, 9.17) is 9.47 Å². The Hall–Kier alpha value is -3.57. The molecular weight excluding hydrogens is 422 g/mol. The lowest BCUT2D eigenvalue weighted by Crippen LogP contribution is -2.31. The van der Waals surface area contributed by atoms with Crippen molar-refractivity contribution in [2.75, 3.05) is 45.8 Å².